The summed E-state index contributed by atoms with van der Waals surface area (Å²) in [6.45, 7) is 4.05. The fourth-order valence-electron chi connectivity index (χ4n) is 3.73. The number of carbonyl (C=O) groups excluding carboxylic acids is 1. The van der Waals surface area contributed by atoms with Gasteiger partial charge in [-0.2, -0.15) is 5.10 Å². The third-order valence-electron chi connectivity index (χ3n) is 5.25. The topological polar surface area (TPSA) is 118 Å². The van der Waals surface area contributed by atoms with Crippen molar-refractivity contribution in [2.24, 2.45) is 10.9 Å². The molecule has 2 aromatic rings. The number of ether oxygens (including phenoxy) is 2. The molecular formula is C22H27N3O5. The van der Waals surface area contributed by atoms with Crippen molar-refractivity contribution in [2.75, 3.05) is 18.8 Å². The van der Waals surface area contributed by atoms with E-state index in [0.29, 0.717) is 24.1 Å². The molecule has 1 unspecified atom stereocenters. The number of aromatic hydroxyl groups is 2. The van der Waals surface area contributed by atoms with Gasteiger partial charge in [0.25, 0.3) is 0 Å². The standard InChI is InChI=1S/C22H27N3O5/c1-13(2)18-9-19(21(28)10-20(18)27)22(24-23)25(11-26)16-5-4-14-7-17(30-12-29-3)8-15(14)6-16/h4-6,9-11,13,17,27-28H,7-8,12,23H2,1-3H3/b24-22-. The molecule has 0 fully saturated rings. The van der Waals surface area contributed by atoms with Gasteiger partial charge in [-0.1, -0.05) is 19.9 Å². The zero-order valence-electron chi connectivity index (χ0n) is 17.3. The number of fused-ring (bicyclic) bond motifs is 1. The van der Waals surface area contributed by atoms with Crippen LogP contribution >= 0.6 is 0 Å². The molecule has 8 nitrogen and oxygen atoms in total. The van der Waals surface area contributed by atoms with Crippen LogP contribution in [0.25, 0.3) is 0 Å². The van der Waals surface area contributed by atoms with Crippen molar-refractivity contribution in [1.29, 1.82) is 0 Å². The number of nitrogens with zero attached hydrogens (tertiary/aromatic N) is 2. The second-order valence-corrected chi connectivity index (χ2v) is 7.57. The van der Waals surface area contributed by atoms with Crippen LogP contribution in [0.5, 0.6) is 11.5 Å². The van der Waals surface area contributed by atoms with E-state index in [0.717, 1.165) is 17.5 Å². The van der Waals surface area contributed by atoms with Crippen molar-refractivity contribution in [3.63, 3.8) is 0 Å². The summed E-state index contributed by atoms with van der Waals surface area (Å²) >= 11 is 0. The van der Waals surface area contributed by atoms with Crippen molar-refractivity contribution in [3.8, 4) is 11.5 Å². The molecule has 8 heteroatoms. The molecule has 4 N–H and O–H groups in total. The molecule has 0 radical (unpaired) electrons. The number of benzene rings is 2. The summed E-state index contributed by atoms with van der Waals surface area (Å²) in [7, 11) is 1.58. The number of phenolic OH excluding ortho intramolecular Hbond substituents is 2. The number of nitrogens with two attached hydrogens (primary N) is 1. The van der Waals surface area contributed by atoms with Gasteiger partial charge in [0.2, 0.25) is 6.41 Å². The molecule has 2 aromatic carbocycles. The maximum Gasteiger partial charge on any atom is 0.219 e. The predicted octanol–water partition coefficient (Wildman–Crippen LogP) is 2.59. The summed E-state index contributed by atoms with van der Waals surface area (Å²) in [5.41, 5.74) is 3.65. The van der Waals surface area contributed by atoms with Gasteiger partial charge in [-0.3, -0.25) is 9.69 Å². The van der Waals surface area contributed by atoms with Crippen LogP contribution < -0.4 is 10.7 Å². The summed E-state index contributed by atoms with van der Waals surface area (Å²) in [5, 5.41) is 24.3. The molecule has 30 heavy (non-hydrogen) atoms. The molecule has 0 aromatic heterocycles. The van der Waals surface area contributed by atoms with Crippen LogP contribution in [0.4, 0.5) is 5.69 Å². The van der Waals surface area contributed by atoms with Crippen molar-refractivity contribution in [2.45, 2.75) is 38.7 Å². The van der Waals surface area contributed by atoms with Gasteiger partial charge >= 0.3 is 0 Å². The molecule has 0 spiro atoms. The highest BCUT2D eigenvalue weighted by molar-refractivity contribution is 6.19. The number of hydrogen-bond donors (Lipinski definition) is 3. The SMILES string of the molecule is COCOC1Cc2ccc(N(C=O)/C(=N\N)c3cc(C(C)C)c(O)cc3O)cc2C1. The quantitative estimate of drug-likeness (QED) is 0.160. The van der Waals surface area contributed by atoms with Gasteiger partial charge in [-0.05, 0) is 53.6 Å². The van der Waals surface area contributed by atoms with E-state index in [2.05, 4.69) is 5.10 Å². The van der Waals surface area contributed by atoms with Crippen LogP contribution in [0.1, 0.15) is 42.0 Å². The van der Waals surface area contributed by atoms with Crippen molar-refractivity contribution in [1.82, 2.24) is 0 Å². The van der Waals surface area contributed by atoms with Gasteiger partial charge in [-0.25, -0.2) is 0 Å². The van der Waals surface area contributed by atoms with Gasteiger partial charge in [0, 0.05) is 13.2 Å². The van der Waals surface area contributed by atoms with Crippen LogP contribution in [0.15, 0.2) is 35.4 Å². The Labute approximate surface area is 175 Å². The molecule has 0 aliphatic heterocycles. The Morgan fingerprint density at radius 1 is 1.23 bits per heavy atom. The molecule has 0 bridgehead atoms. The minimum Gasteiger partial charge on any atom is -0.508 e. The van der Waals surface area contributed by atoms with Crippen LogP contribution in [-0.4, -0.2) is 42.5 Å². The minimum absolute atomic E-state index is 0.00270. The molecule has 1 aliphatic rings. The van der Waals surface area contributed by atoms with Crippen molar-refractivity contribution >= 4 is 17.9 Å². The summed E-state index contributed by atoms with van der Waals surface area (Å²) < 4.78 is 10.6. The monoisotopic (exact) mass is 413 g/mol. The third kappa shape index (κ3) is 4.24. The van der Waals surface area contributed by atoms with Gasteiger partial charge in [-0.15, -0.1) is 0 Å². The molecule has 0 saturated heterocycles. The van der Waals surface area contributed by atoms with E-state index in [4.69, 9.17) is 15.3 Å². The molecule has 1 aliphatic carbocycles. The van der Waals surface area contributed by atoms with Crippen LogP contribution in [-0.2, 0) is 27.1 Å². The molecule has 3 rings (SSSR count). The largest absolute Gasteiger partial charge is 0.508 e. The molecule has 1 amide bonds. The van der Waals surface area contributed by atoms with E-state index >= 15 is 0 Å². The zero-order chi connectivity index (χ0) is 21.8. The molecule has 1 atom stereocenters. The number of phenols is 2. The van der Waals surface area contributed by atoms with E-state index in [9.17, 15) is 15.0 Å². The molecule has 160 valence electrons. The Bertz CT molecular complexity index is 958. The van der Waals surface area contributed by atoms with Crippen molar-refractivity contribution < 1.29 is 24.5 Å². The number of amidine groups is 1. The van der Waals surface area contributed by atoms with Gasteiger partial charge < -0.3 is 25.5 Å². The number of methoxy groups -OCH3 is 1. The van der Waals surface area contributed by atoms with Gasteiger partial charge in [0.1, 0.15) is 18.3 Å². The lowest BCUT2D eigenvalue weighted by molar-refractivity contribution is -0.106. The number of anilines is 1. The maximum atomic E-state index is 12.0. The average Bonchev–Trinajstić information content (AvgIpc) is 3.12. The second kappa shape index (κ2) is 9.15. The maximum absolute atomic E-state index is 12.0. The van der Waals surface area contributed by atoms with Gasteiger partial charge in [0.05, 0.1) is 17.4 Å². The fraction of sp³-hybridized carbons (Fsp3) is 0.364. The highest BCUT2D eigenvalue weighted by Gasteiger charge is 2.26. The lowest BCUT2D eigenvalue weighted by atomic mass is 9.98. The van der Waals surface area contributed by atoms with Gasteiger partial charge in [0.15, 0.2) is 5.84 Å². The summed E-state index contributed by atoms with van der Waals surface area (Å²) in [5.74, 6) is 5.45. The number of carbonyl (C=O) groups is 1. The number of hydrogen-bond acceptors (Lipinski definition) is 7. The average molecular weight is 413 g/mol. The highest BCUT2D eigenvalue weighted by Crippen LogP contribution is 2.34. The lowest BCUT2D eigenvalue weighted by Crippen LogP contribution is -2.31. The van der Waals surface area contributed by atoms with E-state index in [1.165, 1.54) is 11.0 Å². The Hall–Kier alpha value is -3.10. The Morgan fingerprint density at radius 3 is 2.60 bits per heavy atom. The summed E-state index contributed by atoms with van der Waals surface area (Å²) in [6.07, 6.45) is 2.10. The minimum atomic E-state index is -0.220. The molecule has 0 heterocycles. The first-order valence-electron chi connectivity index (χ1n) is 9.70. The molecular weight excluding hydrogens is 386 g/mol. The van der Waals surface area contributed by atoms with Crippen LogP contribution in [0.3, 0.4) is 0 Å². The fourth-order valence-corrected chi connectivity index (χ4v) is 3.73. The first-order valence-corrected chi connectivity index (χ1v) is 9.70. The summed E-state index contributed by atoms with van der Waals surface area (Å²) in [4.78, 5) is 13.3. The van der Waals surface area contributed by atoms with E-state index in [1.807, 2.05) is 26.0 Å². The van der Waals surface area contributed by atoms with E-state index < -0.39 is 0 Å². The number of rotatable bonds is 7. The first kappa shape index (κ1) is 21.6. The Kier molecular flexibility index (Phi) is 6.59. The third-order valence-corrected chi connectivity index (χ3v) is 5.25. The lowest BCUT2D eigenvalue weighted by Gasteiger charge is -2.22. The summed E-state index contributed by atoms with van der Waals surface area (Å²) in [6, 6.07) is 8.48. The van der Waals surface area contributed by atoms with Crippen molar-refractivity contribution in [3.05, 3.63) is 52.6 Å². The van der Waals surface area contributed by atoms with Crippen LogP contribution in [0, 0.1) is 0 Å². The highest BCUT2D eigenvalue weighted by atomic mass is 16.7. The first-order chi connectivity index (χ1) is 14.4. The second-order valence-electron chi connectivity index (χ2n) is 7.57. The van der Waals surface area contributed by atoms with Crippen LogP contribution in [0.2, 0.25) is 0 Å². The zero-order valence-corrected chi connectivity index (χ0v) is 17.3. The molecule has 0 saturated carbocycles. The smallest absolute Gasteiger partial charge is 0.219 e. The van der Waals surface area contributed by atoms with E-state index in [-0.39, 0.29) is 41.7 Å². The number of hydrazone groups is 1. The number of amides is 1. The van der Waals surface area contributed by atoms with E-state index in [1.54, 1.807) is 19.2 Å². The Morgan fingerprint density at radius 2 is 1.97 bits per heavy atom. The predicted molar refractivity (Wildman–Crippen MR) is 114 cm³/mol. The Balaban J connectivity index is 1.95. The normalized spacial score (nSPS) is 16.0.